The Balaban J connectivity index is 1.88. The van der Waals surface area contributed by atoms with Crippen LogP contribution in [0, 0.1) is 5.41 Å². The summed E-state index contributed by atoms with van der Waals surface area (Å²) in [5.74, 6) is -1.85. The van der Waals surface area contributed by atoms with Crippen molar-refractivity contribution in [1.29, 1.82) is 0 Å². The third-order valence-electron chi connectivity index (χ3n) is 7.18. The third kappa shape index (κ3) is 3.07. The molecule has 0 radical (unpaired) electrons. The van der Waals surface area contributed by atoms with Crippen LogP contribution in [0.4, 0.5) is 0 Å². The highest BCUT2D eigenvalue weighted by atomic mass is 16.5. The van der Waals surface area contributed by atoms with Crippen LogP contribution in [0.1, 0.15) is 52.9 Å². The maximum absolute atomic E-state index is 14.4. The Morgan fingerprint density at radius 3 is 2.47 bits per heavy atom. The molecule has 0 bridgehead atoms. The lowest BCUT2D eigenvalue weighted by Crippen LogP contribution is -2.63. The van der Waals surface area contributed by atoms with Gasteiger partial charge in [0.1, 0.15) is 23.3 Å². The third-order valence-corrected chi connectivity index (χ3v) is 7.18. The number of ether oxygens (including phenoxy) is 3. The summed E-state index contributed by atoms with van der Waals surface area (Å²) >= 11 is 0. The summed E-state index contributed by atoms with van der Waals surface area (Å²) in [7, 11) is 2.35. The molecular weight excluding hydrogens is 462 g/mol. The molecule has 0 saturated carbocycles. The minimum absolute atomic E-state index is 0.130. The molecule has 0 spiro atoms. The van der Waals surface area contributed by atoms with Crippen LogP contribution >= 0.6 is 0 Å². The molecule has 0 fully saturated rings. The maximum atomic E-state index is 14.4. The lowest BCUT2D eigenvalue weighted by atomic mass is 9.61. The van der Waals surface area contributed by atoms with Gasteiger partial charge in [0.05, 0.1) is 25.8 Å². The molecule has 0 amide bonds. The molecule has 3 heterocycles. The maximum Gasteiger partial charge on any atom is 0.355 e. The molecule has 184 valence electrons. The second-order valence-corrected chi connectivity index (χ2v) is 9.29. The number of hydrogen-bond donors (Lipinski definition) is 0. The van der Waals surface area contributed by atoms with Crippen molar-refractivity contribution in [2.45, 2.75) is 31.9 Å². The van der Waals surface area contributed by atoms with E-state index in [0.29, 0.717) is 11.8 Å². The average Bonchev–Trinajstić information content (AvgIpc) is 2.90. The van der Waals surface area contributed by atoms with Gasteiger partial charge >= 0.3 is 11.9 Å². The van der Waals surface area contributed by atoms with E-state index in [-0.39, 0.29) is 28.5 Å². The van der Waals surface area contributed by atoms with Crippen LogP contribution in [0.2, 0.25) is 0 Å². The van der Waals surface area contributed by atoms with Gasteiger partial charge in [-0.15, -0.1) is 0 Å². The summed E-state index contributed by atoms with van der Waals surface area (Å²) in [6.07, 6.45) is 2.47. The fourth-order valence-corrected chi connectivity index (χ4v) is 5.40. The van der Waals surface area contributed by atoms with E-state index in [1.807, 2.05) is 32.0 Å². The number of ketones is 1. The van der Waals surface area contributed by atoms with Crippen molar-refractivity contribution in [3.05, 3.63) is 82.2 Å². The van der Waals surface area contributed by atoms with E-state index in [1.54, 1.807) is 36.5 Å². The first-order chi connectivity index (χ1) is 17.3. The summed E-state index contributed by atoms with van der Waals surface area (Å²) < 4.78 is 16.3. The van der Waals surface area contributed by atoms with Crippen LogP contribution in [-0.4, -0.2) is 49.2 Å². The van der Waals surface area contributed by atoms with Gasteiger partial charge in [0.25, 0.3) is 0 Å². The fraction of sp³-hybridized carbons (Fsp3) is 0.286. The van der Waals surface area contributed by atoms with E-state index in [2.05, 4.69) is 0 Å². The monoisotopic (exact) mass is 487 g/mol. The van der Waals surface area contributed by atoms with Crippen LogP contribution in [0.3, 0.4) is 0 Å². The number of rotatable bonds is 4. The first-order valence-electron chi connectivity index (χ1n) is 11.6. The summed E-state index contributed by atoms with van der Waals surface area (Å²) in [5.41, 5.74) is 0.302. The Kier molecular flexibility index (Phi) is 5.54. The number of esters is 2. The first-order valence-corrected chi connectivity index (χ1v) is 11.6. The van der Waals surface area contributed by atoms with Gasteiger partial charge < -0.3 is 23.9 Å². The quantitative estimate of drug-likeness (QED) is 0.367. The first kappa shape index (κ1) is 23.5. The Labute approximate surface area is 208 Å². The lowest BCUT2D eigenvalue weighted by molar-refractivity contribution is -0.146. The Bertz CT molecular complexity index is 1370. The van der Waals surface area contributed by atoms with Crippen LogP contribution in [0.5, 0.6) is 5.75 Å². The molecule has 0 aliphatic carbocycles. The number of Topliss-reactive ketones (excluding diaryl/α,β-unsaturated/α-hetero) is 1. The van der Waals surface area contributed by atoms with Gasteiger partial charge in [-0.2, -0.15) is 0 Å². The Morgan fingerprint density at radius 2 is 1.81 bits per heavy atom. The topological polar surface area (TPSA) is 99.2 Å². The minimum atomic E-state index is -1.88. The number of methoxy groups -OCH3 is 2. The molecule has 8 nitrogen and oxygen atoms in total. The molecule has 3 atom stereocenters. The largest absolute Gasteiger partial charge is 0.483 e. The predicted molar refractivity (Wildman–Crippen MR) is 129 cm³/mol. The molecule has 8 heteroatoms. The zero-order valence-electron chi connectivity index (χ0n) is 20.3. The van der Waals surface area contributed by atoms with E-state index in [1.165, 1.54) is 12.0 Å². The van der Waals surface area contributed by atoms with Crippen LogP contribution in [0.25, 0.3) is 6.08 Å². The van der Waals surface area contributed by atoms with Crippen LogP contribution < -0.4 is 4.74 Å². The molecule has 2 aromatic carbocycles. The van der Waals surface area contributed by atoms with Gasteiger partial charge in [0.15, 0.2) is 17.3 Å². The summed E-state index contributed by atoms with van der Waals surface area (Å²) in [6.45, 7) is 4.00. The minimum Gasteiger partial charge on any atom is -0.483 e. The van der Waals surface area contributed by atoms with E-state index in [0.717, 1.165) is 18.2 Å². The Morgan fingerprint density at radius 1 is 1.08 bits per heavy atom. The summed E-state index contributed by atoms with van der Waals surface area (Å²) in [6, 6.07) is 11.5. The van der Waals surface area contributed by atoms with Gasteiger partial charge in [0.2, 0.25) is 0 Å². The van der Waals surface area contributed by atoms with E-state index >= 15 is 0 Å². The smallest absolute Gasteiger partial charge is 0.355 e. The SMILES string of the molecule is COC(=O)C1=C(C(=O)OC)N2C=Cc3ccccc3[C@@H]2[C@@]2(C=O)C(=O)c3cc(C(C)C)ccc3O[C@@H]12. The number of benzene rings is 2. The summed E-state index contributed by atoms with van der Waals surface area (Å²) in [5, 5.41) is 0. The summed E-state index contributed by atoms with van der Waals surface area (Å²) in [4.78, 5) is 55.3. The number of hydrogen-bond acceptors (Lipinski definition) is 8. The second kappa shape index (κ2) is 8.48. The lowest BCUT2D eigenvalue weighted by Gasteiger charge is -2.53. The highest BCUT2D eigenvalue weighted by molar-refractivity contribution is 6.16. The Hall–Kier alpha value is -4.20. The van der Waals surface area contributed by atoms with Crippen molar-refractivity contribution < 1.29 is 33.4 Å². The molecule has 0 saturated heterocycles. The zero-order valence-corrected chi connectivity index (χ0v) is 20.3. The number of carbonyl (C=O) groups is 4. The predicted octanol–water partition coefficient (Wildman–Crippen LogP) is 3.58. The number of carbonyl (C=O) groups excluding carboxylic acids is 4. The normalized spacial score (nSPS) is 23.7. The number of fused-ring (bicyclic) bond motifs is 6. The fourth-order valence-electron chi connectivity index (χ4n) is 5.40. The molecule has 5 rings (SSSR count). The van der Waals surface area contributed by atoms with Crippen LogP contribution in [0.15, 0.2) is 59.9 Å². The molecule has 3 aliphatic heterocycles. The van der Waals surface area contributed by atoms with E-state index in [9.17, 15) is 19.2 Å². The second-order valence-electron chi connectivity index (χ2n) is 9.29. The zero-order chi connectivity index (χ0) is 25.8. The molecule has 0 unspecified atom stereocenters. The highest BCUT2D eigenvalue weighted by Gasteiger charge is 2.66. The average molecular weight is 488 g/mol. The van der Waals surface area contributed by atoms with Crippen LogP contribution in [-0.2, 0) is 23.9 Å². The number of aldehydes is 1. The van der Waals surface area contributed by atoms with Gasteiger partial charge in [-0.3, -0.25) is 4.79 Å². The van der Waals surface area contributed by atoms with Crippen molar-refractivity contribution >= 4 is 30.1 Å². The standard InChI is InChI=1S/C28H25NO7/c1-15(2)17-9-10-20-19(13-17)24(31)28(14-30)23-18-8-6-5-7-16(18)11-12-29(23)22(27(33)35-4)21(25(28)36-20)26(32)34-3/h5-15,23,25H,1-4H3/t23-,25+,28+/m1/s1. The van der Waals surface area contributed by atoms with Crippen molar-refractivity contribution in [2.24, 2.45) is 5.41 Å². The molecule has 3 aliphatic rings. The van der Waals surface area contributed by atoms with Gasteiger partial charge in [-0.05, 0) is 40.8 Å². The van der Waals surface area contributed by atoms with Crippen molar-refractivity contribution in [1.82, 2.24) is 4.90 Å². The van der Waals surface area contributed by atoms with Gasteiger partial charge in [0, 0.05) is 6.20 Å². The van der Waals surface area contributed by atoms with Crippen molar-refractivity contribution in [2.75, 3.05) is 14.2 Å². The van der Waals surface area contributed by atoms with E-state index in [4.69, 9.17) is 14.2 Å². The van der Waals surface area contributed by atoms with E-state index < -0.39 is 35.3 Å². The van der Waals surface area contributed by atoms with Crippen molar-refractivity contribution in [3.63, 3.8) is 0 Å². The molecule has 36 heavy (non-hydrogen) atoms. The van der Waals surface area contributed by atoms with Gasteiger partial charge in [-0.25, -0.2) is 9.59 Å². The molecule has 0 N–H and O–H groups in total. The molecule has 2 aromatic rings. The highest BCUT2D eigenvalue weighted by Crippen LogP contribution is 2.56. The van der Waals surface area contributed by atoms with Gasteiger partial charge in [-0.1, -0.05) is 44.2 Å². The van der Waals surface area contributed by atoms with Crippen molar-refractivity contribution in [3.8, 4) is 5.75 Å². The molecule has 0 aromatic heterocycles. The molecular formula is C28H25NO7. The number of nitrogens with zero attached hydrogens (tertiary/aromatic N) is 1.